The van der Waals surface area contributed by atoms with Crippen LogP contribution in [0.5, 0.6) is 11.5 Å². The van der Waals surface area contributed by atoms with Gasteiger partial charge >= 0.3 is 5.97 Å². The smallest absolute Gasteiger partial charge is 0.335 e. The molecule has 1 aliphatic heterocycles. The normalized spacial score (nSPS) is 12.2. The summed E-state index contributed by atoms with van der Waals surface area (Å²) in [5.74, 6) is 0.620. The number of carboxylic acids is 1. The SMILES string of the molecule is CN(Cc1ccc2c(c1)OCO2)c1ccc(C(=O)O)cc1. The highest BCUT2D eigenvalue weighted by Gasteiger charge is 2.14. The van der Waals surface area contributed by atoms with Crippen molar-refractivity contribution in [1.82, 2.24) is 0 Å². The van der Waals surface area contributed by atoms with Gasteiger partial charge in [-0.1, -0.05) is 6.07 Å². The van der Waals surface area contributed by atoms with Crippen molar-refractivity contribution in [3.05, 3.63) is 53.6 Å². The number of carboxylic acid groups (broad SMARTS) is 1. The monoisotopic (exact) mass is 285 g/mol. The lowest BCUT2D eigenvalue weighted by Gasteiger charge is -2.19. The van der Waals surface area contributed by atoms with Gasteiger partial charge in [0, 0.05) is 19.3 Å². The van der Waals surface area contributed by atoms with Crippen molar-refractivity contribution in [3.63, 3.8) is 0 Å². The summed E-state index contributed by atoms with van der Waals surface area (Å²) in [5, 5.41) is 8.90. The van der Waals surface area contributed by atoms with E-state index < -0.39 is 5.97 Å². The first-order valence-electron chi connectivity index (χ1n) is 6.56. The van der Waals surface area contributed by atoms with Gasteiger partial charge in [0.05, 0.1) is 5.56 Å². The summed E-state index contributed by atoms with van der Waals surface area (Å²) in [7, 11) is 1.96. The first-order chi connectivity index (χ1) is 10.1. The summed E-state index contributed by atoms with van der Waals surface area (Å²) in [6.45, 7) is 0.967. The van der Waals surface area contributed by atoms with Crippen LogP contribution in [0.3, 0.4) is 0 Å². The van der Waals surface area contributed by atoms with E-state index in [1.807, 2.05) is 30.1 Å². The van der Waals surface area contributed by atoms with Crippen molar-refractivity contribution in [2.75, 3.05) is 18.7 Å². The largest absolute Gasteiger partial charge is 0.478 e. The van der Waals surface area contributed by atoms with Crippen molar-refractivity contribution in [2.45, 2.75) is 6.54 Å². The van der Waals surface area contributed by atoms with Crippen LogP contribution < -0.4 is 14.4 Å². The standard InChI is InChI=1S/C16H15NO4/c1-17(13-5-3-12(4-6-13)16(18)19)9-11-2-7-14-15(8-11)21-10-20-14/h2-8H,9-10H2,1H3,(H,18,19). The lowest BCUT2D eigenvalue weighted by molar-refractivity contribution is 0.0697. The number of benzene rings is 2. The zero-order valence-electron chi connectivity index (χ0n) is 11.6. The number of ether oxygens (including phenoxy) is 2. The first-order valence-corrected chi connectivity index (χ1v) is 6.56. The predicted molar refractivity (Wildman–Crippen MR) is 78.1 cm³/mol. The summed E-state index contributed by atoms with van der Waals surface area (Å²) in [6, 6.07) is 12.7. The fraction of sp³-hybridized carbons (Fsp3) is 0.188. The minimum Gasteiger partial charge on any atom is -0.478 e. The Hall–Kier alpha value is -2.69. The van der Waals surface area contributed by atoms with Crippen LogP contribution in [0.4, 0.5) is 5.69 Å². The van der Waals surface area contributed by atoms with Crippen molar-refractivity contribution in [1.29, 1.82) is 0 Å². The quantitative estimate of drug-likeness (QED) is 0.936. The maximum atomic E-state index is 10.8. The molecule has 3 rings (SSSR count). The van der Waals surface area contributed by atoms with E-state index in [2.05, 4.69) is 0 Å². The van der Waals surface area contributed by atoms with Gasteiger partial charge in [-0.2, -0.15) is 0 Å². The van der Waals surface area contributed by atoms with E-state index in [1.54, 1.807) is 24.3 Å². The fourth-order valence-corrected chi connectivity index (χ4v) is 2.26. The number of anilines is 1. The van der Waals surface area contributed by atoms with Gasteiger partial charge in [-0.3, -0.25) is 0 Å². The average Bonchev–Trinajstić information content (AvgIpc) is 2.95. The molecule has 0 saturated carbocycles. The molecule has 0 spiro atoms. The Kier molecular flexibility index (Phi) is 3.39. The second-order valence-electron chi connectivity index (χ2n) is 4.90. The molecule has 21 heavy (non-hydrogen) atoms. The number of aromatic carboxylic acids is 1. The van der Waals surface area contributed by atoms with Gasteiger partial charge in [-0.25, -0.2) is 4.79 Å². The topological polar surface area (TPSA) is 59.0 Å². The number of hydrogen-bond donors (Lipinski definition) is 1. The van der Waals surface area contributed by atoms with Crippen LogP contribution in [0, 0.1) is 0 Å². The molecule has 5 heteroatoms. The van der Waals surface area contributed by atoms with Gasteiger partial charge in [-0.05, 0) is 42.0 Å². The van der Waals surface area contributed by atoms with E-state index in [1.165, 1.54) is 0 Å². The van der Waals surface area contributed by atoms with Gasteiger partial charge in [0.25, 0.3) is 0 Å². The van der Waals surface area contributed by atoms with Crippen molar-refractivity contribution in [2.24, 2.45) is 0 Å². The van der Waals surface area contributed by atoms with E-state index in [4.69, 9.17) is 14.6 Å². The first kappa shape index (κ1) is 13.3. The summed E-state index contributed by atoms with van der Waals surface area (Å²) in [5.41, 5.74) is 2.34. The third kappa shape index (κ3) is 2.76. The summed E-state index contributed by atoms with van der Waals surface area (Å²) >= 11 is 0. The van der Waals surface area contributed by atoms with E-state index >= 15 is 0 Å². The Balaban J connectivity index is 1.73. The molecule has 0 amide bonds. The zero-order valence-corrected chi connectivity index (χ0v) is 11.6. The number of fused-ring (bicyclic) bond motifs is 1. The minimum absolute atomic E-state index is 0.269. The van der Waals surface area contributed by atoms with E-state index in [-0.39, 0.29) is 12.4 Å². The van der Waals surface area contributed by atoms with Crippen molar-refractivity contribution >= 4 is 11.7 Å². The van der Waals surface area contributed by atoms with Gasteiger partial charge in [0.2, 0.25) is 6.79 Å². The Morgan fingerprint density at radius 1 is 1.14 bits per heavy atom. The molecule has 1 heterocycles. The maximum Gasteiger partial charge on any atom is 0.335 e. The molecule has 2 aromatic rings. The lowest BCUT2D eigenvalue weighted by atomic mass is 10.1. The molecule has 1 aliphatic rings. The lowest BCUT2D eigenvalue weighted by Crippen LogP contribution is -2.16. The number of rotatable bonds is 4. The molecule has 0 aromatic heterocycles. The average molecular weight is 285 g/mol. The molecular formula is C16H15NO4. The number of carbonyl (C=O) groups is 1. The Bertz CT molecular complexity index is 666. The van der Waals surface area contributed by atoms with Crippen LogP contribution in [-0.2, 0) is 6.54 Å². The Morgan fingerprint density at radius 3 is 2.57 bits per heavy atom. The molecule has 0 unspecified atom stereocenters. The molecule has 2 aromatic carbocycles. The van der Waals surface area contributed by atoms with Crippen molar-refractivity contribution < 1.29 is 19.4 Å². The Labute approximate surface area is 122 Å². The maximum absolute atomic E-state index is 10.8. The molecule has 0 aliphatic carbocycles. The molecule has 0 atom stereocenters. The van der Waals surface area contributed by atoms with Gasteiger partial charge in [-0.15, -0.1) is 0 Å². The molecule has 0 fully saturated rings. The van der Waals surface area contributed by atoms with Crippen LogP contribution in [-0.4, -0.2) is 24.9 Å². The molecule has 1 N–H and O–H groups in total. The Morgan fingerprint density at radius 2 is 1.86 bits per heavy atom. The number of hydrogen-bond acceptors (Lipinski definition) is 4. The zero-order chi connectivity index (χ0) is 14.8. The van der Waals surface area contributed by atoms with Crippen LogP contribution in [0.25, 0.3) is 0 Å². The predicted octanol–water partition coefficient (Wildman–Crippen LogP) is 2.75. The van der Waals surface area contributed by atoms with Crippen LogP contribution in [0.1, 0.15) is 15.9 Å². The highest BCUT2D eigenvalue weighted by Crippen LogP contribution is 2.33. The van der Waals surface area contributed by atoms with Gasteiger partial charge in [0.1, 0.15) is 0 Å². The third-order valence-electron chi connectivity index (χ3n) is 3.41. The highest BCUT2D eigenvalue weighted by atomic mass is 16.7. The number of nitrogens with zero attached hydrogens (tertiary/aromatic N) is 1. The van der Waals surface area contributed by atoms with Crippen LogP contribution in [0.15, 0.2) is 42.5 Å². The molecule has 0 saturated heterocycles. The molecule has 5 nitrogen and oxygen atoms in total. The van der Waals surface area contributed by atoms with Gasteiger partial charge in [0.15, 0.2) is 11.5 Å². The fourth-order valence-electron chi connectivity index (χ4n) is 2.26. The molecule has 0 bridgehead atoms. The summed E-state index contributed by atoms with van der Waals surface area (Å²) < 4.78 is 10.6. The third-order valence-corrected chi connectivity index (χ3v) is 3.41. The van der Waals surface area contributed by atoms with E-state index in [0.717, 1.165) is 22.7 Å². The molecular weight excluding hydrogens is 270 g/mol. The van der Waals surface area contributed by atoms with Crippen LogP contribution in [0.2, 0.25) is 0 Å². The minimum atomic E-state index is -0.917. The highest BCUT2D eigenvalue weighted by molar-refractivity contribution is 5.88. The second-order valence-corrected chi connectivity index (χ2v) is 4.90. The van der Waals surface area contributed by atoms with Gasteiger partial charge < -0.3 is 19.5 Å². The second kappa shape index (κ2) is 5.36. The van der Waals surface area contributed by atoms with Crippen molar-refractivity contribution in [3.8, 4) is 11.5 Å². The molecule has 0 radical (unpaired) electrons. The summed E-state index contributed by atoms with van der Waals surface area (Å²) in [4.78, 5) is 12.9. The van der Waals surface area contributed by atoms with E-state index in [9.17, 15) is 4.79 Å². The van der Waals surface area contributed by atoms with E-state index in [0.29, 0.717) is 6.54 Å². The summed E-state index contributed by atoms with van der Waals surface area (Å²) in [6.07, 6.45) is 0. The molecule has 108 valence electrons. The van der Waals surface area contributed by atoms with Crippen LogP contribution >= 0.6 is 0 Å².